The molecule has 0 radical (unpaired) electrons. The number of hydrogen-bond donors (Lipinski definition) is 4. The molecule has 0 spiro atoms. The van der Waals surface area contributed by atoms with Gasteiger partial charge in [-0.1, -0.05) is 104 Å². The van der Waals surface area contributed by atoms with Crippen LogP contribution in [-0.2, 0) is 50.4 Å². The molecule has 1 fully saturated rings. The third kappa shape index (κ3) is 18.3. The van der Waals surface area contributed by atoms with Gasteiger partial charge in [0.2, 0.25) is 23.6 Å². The molecular formula is C49H76F3N7O8S. The highest BCUT2D eigenvalue weighted by Crippen LogP contribution is 2.30. The van der Waals surface area contributed by atoms with Gasteiger partial charge in [0.25, 0.3) is 5.91 Å². The first-order valence-corrected chi connectivity index (χ1v) is 24.3. The summed E-state index contributed by atoms with van der Waals surface area (Å²) in [6, 6.07) is 12.5. The number of carbonyl (C=O) groups excluding carboxylic acids is 6. The lowest BCUT2D eigenvalue weighted by atomic mass is 9.90. The number of ether oxygens (including phenoxy) is 2. The Morgan fingerprint density at radius 3 is 2.00 bits per heavy atom. The van der Waals surface area contributed by atoms with E-state index in [-0.39, 0.29) is 60.4 Å². The van der Waals surface area contributed by atoms with Crippen molar-refractivity contribution < 1.29 is 51.4 Å². The number of anilines is 1. The van der Waals surface area contributed by atoms with E-state index in [0.717, 1.165) is 17.5 Å². The lowest BCUT2D eigenvalue weighted by molar-refractivity contribution is -0.167. The average Bonchev–Trinajstić information content (AvgIpc) is 3.78. The molecule has 382 valence electrons. The Hall–Kier alpha value is -4.72. The molecule has 6 amide bonds. The van der Waals surface area contributed by atoms with Gasteiger partial charge in [0, 0.05) is 45.7 Å². The zero-order valence-corrected chi connectivity index (χ0v) is 42.7. The number of methoxy groups -OCH3 is 2. The van der Waals surface area contributed by atoms with Crippen LogP contribution < -0.4 is 20.7 Å². The average molecular weight is 980 g/mol. The molecule has 3 rings (SSSR count). The second-order valence-electron chi connectivity index (χ2n) is 17.9. The summed E-state index contributed by atoms with van der Waals surface area (Å²) < 4.78 is 52.6. The number of halogens is 3. The smallest absolute Gasteiger partial charge is 0.379 e. The van der Waals surface area contributed by atoms with Gasteiger partial charge in [-0.15, -0.1) is 0 Å². The van der Waals surface area contributed by atoms with Gasteiger partial charge in [0.15, 0.2) is 0 Å². The maximum Gasteiger partial charge on any atom is 0.471 e. The van der Waals surface area contributed by atoms with Crippen LogP contribution in [0.1, 0.15) is 91.7 Å². The van der Waals surface area contributed by atoms with Crippen LogP contribution in [0.5, 0.6) is 0 Å². The number of hydrogen-bond acceptors (Lipinski definition) is 10. The molecule has 0 saturated carbocycles. The molecule has 15 nitrogen and oxygen atoms in total. The SMILES string of the molecule is CCC.CCC(C)C(C(CC(=O)N1CCCC1C(OC)C(C)C(=O)NC(Cc1ccccc1)C(=O)NSCc1ccc(NC(=O)C(F)(F)F)cc1)OC)N(C)C(=O)CNC(=O)C(C(C)C)N(C)C. The predicted molar refractivity (Wildman–Crippen MR) is 260 cm³/mol. The summed E-state index contributed by atoms with van der Waals surface area (Å²) in [5, 5.41) is 7.48. The lowest BCUT2D eigenvalue weighted by Gasteiger charge is -2.39. The van der Waals surface area contributed by atoms with E-state index in [1.54, 1.807) is 29.1 Å². The zero-order valence-electron chi connectivity index (χ0n) is 41.9. The van der Waals surface area contributed by atoms with Crippen molar-refractivity contribution in [3.63, 3.8) is 0 Å². The van der Waals surface area contributed by atoms with E-state index in [0.29, 0.717) is 31.4 Å². The normalized spacial score (nSPS) is 16.8. The predicted octanol–water partition coefficient (Wildman–Crippen LogP) is 6.22. The summed E-state index contributed by atoms with van der Waals surface area (Å²) >= 11 is 1.03. The van der Waals surface area contributed by atoms with Crippen LogP contribution in [0.2, 0.25) is 0 Å². The first kappa shape index (κ1) is 59.4. The number of carbonyl (C=O) groups is 6. The highest BCUT2D eigenvalue weighted by molar-refractivity contribution is 7.97. The molecule has 0 aliphatic carbocycles. The molecule has 8 unspecified atom stereocenters. The lowest BCUT2D eigenvalue weighted by Crippen LogP contribution is -2.55. The molecule has 68 heavy (non-hydrogen) atoms. The minimum absolute atomic E-state index is 0.0267. The summed E-state index contributed by atoms with van der Waals surface area (Å²) in [4.78, 5) is 84.9. The van der Waals surface area contributed by atoms with Crippen molar-refractivity contribution >= 4 is 53.1 Å². The second kappa shape index (κ2) is 29.3. The fourth-order valence-corrected chi connectivity index (χ4v) is 9.08. The van der Waals surface area contributed by atoms with E-state index in [2.05, 4.69) is 29.2 Å². The number of rotatable bonds is 24. The Morgan fingerprint density at radius 2 is 1.47 bits per heavy atom. The quantitative estimate of drug-likeness (QED) is 0.0884. The number of likely N-dealkylation sites (tertiary alicyclic amines) is 1. The first-order valence-electron chi connectivity index (χ1n) is 23.3. The Bertz CT molecular complexity index is 1890. The Labute approximate surface area is 405 Å². The fourth-order valence-electron chi connectivity index (χ4n) is 8.36. The van der Waals surface area contributed by atoms with E-state index in [4.69, 9.17) is 9.47 Å². The van der Waals surface area contributed by atoms with Crippen LogP contribution >= 0.6 is 11.9 Å². The molecule has 0 aromatic heterocycles. The minimum Gasteiger partial charge on any atom is -0.379 e. The van der Waals surface area contributed by atoms with Crippen molar-refractivity contribution in [2.45, 2.75) is 135 Å². The summed E-state index contributed by atoms with van der Waals surface area (Å²) in [6.45, 7) is 14.0. The summed E-state index contributed by atoms with van der Waals surface area (Å²) in [5.41, 5.74) is 1.42. The Balaban J connectivity index is 0.00000514. The summed E-state index contributed by atoms with van der Waals surface area (Å²) in [6.07, 6.45) is -3.15. The molecule has 2 aromatic carbocycles. The highest BCUT2D eigenvalue weighted by Gasteiger charge is 2.43. The van der Waals surface area contributed by atoms with Crippen LogP contribution in [0.4, 0.5) is 18.9 Å². The highest BCUT2D eigenvalue weighted by atomic mass is 32.2. The van der Waals surface area contributed by atoms with Crippen LogP contribution in [0.15, 0.2) is 54.6 Å². The monoisotopic (exact) mass is 980 g/mol. The van der Waals surface area contributed by atoms with Crippen LogP contribution in [0, 0.1) is 17.8 Å². The van der Waals surface area contributed by atoms with Crippen molar-refractivity contribution in [2.24, 2.45) is 17.8 Å². The number of nitrogens with zero attached hydrogens (tertiary/aromatic N) is 3. The van der Waals surface area contributed by atoms with Crippen molar-refractivity contribution in [1.29, 1.82) is 0 Å². The van der Waals surface area contributed by atoms with Crippen molar-refractivity contribution in [3.05, 3.63) is 65.7 Å². The van der Waals surface area contributed by atoms with E-state index in [9.17, 15) is 41.9 Å². The van der Waals surface area contributed by atoms with Gasteiger partial charge in [-0.05, 0) is 74.0 Å². The molecule has 2 aromatic rings. The number of amides is 6. The molecule has 19 heteroatoms. The van der Waals surface area contributed by atoms with Gasteiger partial charge in [0.1, 0.15) is 6.04 Å². The standard InChI is InChI=1S/C46H68F3N7O8S.C3H8/c1-11-29(4)40(55(8)38(58)26-50-44(61)39(28(2)3)54(6)7)36(63-9)25-37(57)56-23-15-18-35(56)41(64-10)30(5)42(59)52-34(24-31-16-13-12-14-17-31)43(60)53-65-27-32-19-21-33(22-20-32)51-45(62)46(47,48)49;1-3-2/h12-14,16-17,19-22,28-30,34-36,39-41H,11,15,18,23-27H2,1-10H3,(H,50,61)(H,51,62)(H,52,59)(H,53,60);3H2,1-2H3. The second-order valence-corrected chi connectivity index (χ2v) is 18.7. The van der Waals surface area contributed by atoms with E-state index in [1.165, 1.54) is 44.9 Å². The number of nitrogens with one attached hydrogen (secondary N) is 4. The molecule has 1 aliphatic heterocycles. The van der Waals surface area contributed by atoms with Gasteiger partial charge < -0.3 is 35.2 Å². The van der Waals surface area contributed by atoms with Gasteiger partial charge in [0.05, 0.1) is 49.2 Å². The van der Waals surface area contributed by atoms with Crippen LogP contribution in [-0.4, -0.2) is 141 Å². The van der Waals surface area contributed by atoms with Gasteiger partial charge in [-0.3, -0.25) is 38.4 Å². The van der Waals surface area contributed by atoms with E-state index >= 15 is 0 Å². The van der Waals surface area contributed by atoms with Crippen molar-refractivity contribution in [1.82, 2.24) is 30.1 Å². The maximum absolute atomic E-state index is 14.2. The largest absolute Gasteiger partial charge is 0.471 e. The Kier molecular flexibility index (Phi) is 25.6. The third-order valence-corrected chi connectivity index (χ3v) is 12.8. The number of likely N-dealkylation sites (N-methyl/N-ethyl adjacent to an activating group) is 2. The molecule has 1 aliphatic rings. The van der Waals surface area contributed by atoms with Crippen molar-refractivity contribution in [3.8, 4) is 0 Å². The van der Waals surface area contributed by atoms with Crippen LogP contribution in [0.3, 0.4) is 0 Å². The molecule has 8 atom stereocenters. The molecule has 0 bridgehead atoms. The third-order valence-electron chi connectivity index (χ3n) is 12.0. The minimum atomic E-state index is -5.02. The fraction of sp³-hybridized carbons (Fsp3) is 0.633. The maximum atomic E-state index is 14.2. The molecule has 1 heterocycles. The van der Waals surface area contributed by atoms with Crippen LogP contribution in [0.25, 0.3) is 0 Å². The summed E-state index contributed by atoms with van der Waals surface area (Å²) in [7, 11) is 8.28. The van der Waals surface area contributed by atoms with E-state index < -0.39 is 66.2 Å². The molecule has 1 saturated heterocycles. The Morgan fingerprint density at radius 1 is 0.853 bits per heavy atom. The summed E-state index contributed by atoms with van der Waals surface area (Å²) in [5.74, 6) is -4.42. The molecule has 4 N–H and O–H groups in total. The zero-order chi connectivity index (χ0) is 51.3. The van der Waals surface area contributed by atoms with E-state index in [1.807, 2.05) is 77.0 Å². The van der Waals surface area contributed by atoms with Gasteiger partial charge in [-0.25, -0.2) is 0 Å². The van der Waals surface area contributed by atoms with Gasteiger partial charge in [-0.2, -0.15) is 13.2 Å². The topological polar surface area (TPSA) is 179 Å². The first-order chi connectivity index (χ1) is 32.1. The number of alkyl halides is 3. The van der Waals surface area contributed by atoms with Crippen molar-refractivity contribution in [2.75, 3.05) is 53.8 Å². The number of benzene rings is 2. The van der Waals surface area contributed by atoms with Gasteiger partial charge >= 0.3 is 12.1 Å². The molecular weight excluding hydrogens is 904 g/mol.